The molecule has 6 nitrogen and oxygen atoms in total. The van der Waals surface area contributed by atoms with E-state index in [2.05, 4.69) is 13.2 Å². The van der Waals surface area contributed by atoms with E-state index < -0.39 is 36.2 Å². The predicted molar refractivity (Wildman–Crippen MR) is 90.3 cm³/mol. The van der Waals surface area contributed by atoms with E-state index in [1.807, 2.05) is 6.92 Å². The molecule has 2 rings (SSSR count). The van der Waals surface area contributed by atoms with Gasteiger partial charge in [0.05, 0.1) is 5.92 Å². The third kappa shape index (κ3) is 3.96. The summed E-state index contributed by atoms with van der Waals surface area (Å²) in [5.74, 6) is -2.13. The zero-order valence-electron chi connectivity index (χ0n) is 14.4. The van der Waals surface area contributed by atoms with Gasteiger partial charge in [-0.15, -0.1) is 0 Å². The van der Waals surface area contributed by atoms with Crippen LogP contribution in [0.1, 0.15) is 26.7 Å². The number of aliphatic hydroxyl groups excluding tert-OH is 1. The number of esters is 2. The summed E-state index contributed by atoms with van der Waals surface area (Å²) in [6.07, 6.45) is 1.78. The average molecular weight is 346 g/mol. The molecular formula is C19H22O6. The fourth-order valence-electron chi connectivity index (χ4n) is 2.95. The first-order valence-electron chi connectivity index (χ1n) is 8.03. The van der Waals surface area contributed by atoms with Crippen molar-refractivity contribution in [3.63, 3.8) is 0 Å². The van der Waals surface area contributed by atoms with E-state index in [0.29, 0.717) is 19.1 Å². The highest BCUT2D eigenvalue weighted by Gasteiger charge is 2.47. The molecule has 1 N–H and O–H groups in total. The molecule has 6 heteroatoms. The lowest BCUT2D eigenvalue weighted by molar-refractivity contribution is -0.153. The van der Waals surface area contributed by atoms with E-state index in [4.69, 9.17) is 9.47 Å². The van der Waals surface area contributed by atoms with Gasteiger partial charge in [0.1, 0.15) is 24.6 Å². The minimum Gasteiger partial charge on any atom is -0.455 e. The van der Waals surface area contributed by atoms with Gasteiger partial charge in [0.15, 0.2) is 0 Å². The molecule has 4 atom stereocenters. The minimum atomic E-state index is -1.40. The zero-order valence-corrected chi connectivity index (χ0v) is 14.4. The monoisotopic (exact) mass is 346 g/mol. The molecule has 1 fully saturated rings. The van der Waals surface area contributed by atoms with E-state index in [1.54, 1.807) is 12.2 Å². The molecule has 1 heterocycles. The van der Waals surface area contributed by atoms with Crippen molar-refractivity contribution >= 4 is 18.2 Å². The van der Waals surface area contributed by atoms with Crippen LogP contribution < -0.4 is 0 Å². The van der Waals surface area contributed by atoms with Crippen molar-refractivity contribution in [3.05, 3.63) is 47.6 Å². The van der Waals surface area contributed by atoms with Crippen molar-refractivity contribution in [2.75, 3.05) is 0 Å². The van der Waals surface area contributed by atoms with Crippen LogP contribution in [-0.4, -0.2) is 41.6 Å². The van der Waals surface area contributed by atoms with Crippen LogP contribution in [0.15, 0.2) is 47.6 Å². The van der Waals surface area contributed by atoms with E-state index in [0.717, 1.165) is 5.57 Å². The third-order valence-corrected chi connectivity index (χ3v) is 4.36. The van der Waals surface area contributed by atoms with E-state index in [9.17, 15) is 19.5 Å². The SMILES string of the molecule is C=C(C)C(=O)O[C@H]1[C@H]2C(=C)C(=O)O[C@@H]2/C=C(/C)CC/C=C(/C=O)[C@@H]1O. The highest BCUT2D eigenvalue weighted by Crippen LogP contribution is 2.36. The van der Waals surface area contributed by atoms with Gasteiger partial charge in [-0.1, -0.05) is 24.8 Å². The maximum absolute atomic E-state index is 12.0. The second-order valence-electron chi connectivity index (χ2n) is 6.39. The summed E-state index contributed by atoms with van der Waals surface area (Å²) in [5, 5.41) is 10.7. The zero-order chi connectivity index (χ0) is 18.7. The van der Waals surface area contributed by atoms with Crippen molar-refractivity contribution in [3.8, 4) is 0 Å². The van der Waals surface area contributed by atoms with Gasteiger partial charge in [-0.25, -0.2) is 9.59 Å². The lowest BCUT2D eigenvalue weighted by Crippen LogP contribution is -2.43. The Hall–Kier alpha value is -2.47. The van der Waals surface area contributed by atoms with E-state index in [-0.39, 0.29) is 16.7 Å². The lowest BCUT2D eigenvalue weighted by Gasteiger charge is -2.30. The average Bonchev–Trinajstić information content (AvgIpc) is 2.82. The van der Waals surface area contributed by atoms with Gasteiger partial charge in [0.2, 0.25) is 0 Å². The molecule has 25 heavy (non-hydrogen) atoms. The molecule has 1 aliphatic carbocycles. The Morgan fingerprint density at radius 2 is 2.16 bits per heavy atom. The van der Waals surface area contributed by atoms with Gasteiger partial charge < -0.3 is 14.6 Å². The summed E-state index contributed by atoms with van der Waals surface area (Å²) in [6.45, 7) is 10.6. The molecule has 0 unspecified atom stereocenters. The van der Waals surface area contributed by atoms with Crippen LogP contribution in [0.4, 0.5) is 0 Å². The van der Waals surface area contributed by atoms with Crippen molar-refractivity contribution in [1.82, 2.24) is 0 Å². The molecule has 1 aliphatic heterocycles. The van der Waals surface area contributed by atoms with Gasteiger partial charge in [0, 0.05) is 16.7 Å². The van der Waals surface area contributed by atoms with Crippen LogP contribution >= 0.6 is 0 Å². The quantitative estimate of drug-likeness (QED) is 0.363. The highest BCUT2D eigenvalue weighted by molar-refractivity contribution is 5.92. The molecule has 0 saturated carbocycles. The Labute approximate surface area is 146 Å². The van der Waals surface area contributed by atoms with Crippen LogP contribution in [0.5, 0.6) is 0 Å². The number of aliphatic hydroxyl groups is 1. The molecule has 0 spiro atoms. The molecule has 0 aromatic rings. The topological polar surface area (TPSA) is 89.9 Å². The Balaban J connectivity index is 2.52. The van der Waals surface area contributed by atoms with Crippen molar-refractivity contribution in [2.45, 2.75) is 45.0 Å². The fraction of sp³-hybridized carbons (Fsp3) is 0.421. The Kier molecular flexibility index (Phi) is 5.74. The number of aldehydes is 1. The van der Waals surface area contributed by atoms with E-state index in [1.165, 1.54) is 6.92 Å². The molecule has 2 aliphatic rings. The highest BCUT2D eigenvalue weighted by atomic mass is 16.6. The van der Waals surface area contributed by atoms with Crippen LogP contribution in [0.2, 0.25) is 0 Å². The van der Waals surface area contributed by atoms with Gasteiger partial charge in [0.25, 0.3) is 0 Å². The van der Waals surface area contributed by atoms with Crippen molar-refractivity contribution in [2.24, 2.45) is 5.92 Å². The van der Waals surface area contributed by atoms with Gasteiger partial charge in [-0.05, 0) is 32.8 Å². The number of ether oxygens (including phenoxy) is 2. The van der Waals surface area contributed by atoms with Crippen molar-refractivity contribution in [1.29, 1.82) is 0 Å². The molecule has 0 bridgehead atoms. The molecule has 1 saturated heterocycles. The first-order valence-corrected chi connectivity index (χ1v) is 8.03. The molecule has 0 radical (unpaired) electrons. The summed E-state index contributed by atoms with van der Waals surface area (Å²) >= 11 is 0. The maximum atomic E-state index is 12.0. The summed E-state index contributed by atoms with van der Waals surface area (Å²) < 4.78 is 10.7. The molecular weight excluding hydrogens is 324 g/mol. The lowest BCUT2D eigenvalue weighted by atomic mass is 9.84. The maximum Gasteiger partial charge on any atom is 0.334 e. The Morgan fingerprint density at radius 1 is 1.48 bits per heavy atom. The smallest absolute Gasteiger partial charge is 0.334 e. The minimum absolute atomic E-state index is 0.0958. The molecule has 134 valence electrons. The number of fused-ring (bicyclic) bond motifs is 1. The number of hydrogen-bond acceptors (Lipinski definition) is 6. The largest absolute Gasteiger partial charge is 0.455 e. The summed E-state index contributed by atoms with van der Waals surface area (Å²) in [6, 6.07) is 0. The molecule has 0 amide bonds. The number of carbonyl (C=O) groups excluding carboxylic acids is 3. The summed E-state index contributed by atoms with van der Waals surface area (Å²) in [5.41, 5.74) is 1.29. The summed E-state index contributed by atoms with van der Waals surface area (Å²) in [7, 11) is 0. The van der Waals surface area contributed by atoms with Crippen LogP contribution in [0.3, 0.4) is 0 Å². The first-order chi connectivity index (χ1) is 11.8. The van der Waals surface area contributed by atoms with Crippen LogP contribution in [0.25, 0.3) is 0 Å². The van der Waals surface area contributed by atoms with Crippen LogP contribution in [0, 0.1) is 5.92 Å². The summed E-state index contributed by atoms with van der Waals surface area (Å²) in [4.78, 5) is 35.4. The predicted octanol–water partition coefficient (Wildman–Crippen LogP) is 1.80. The molecule has 0 aromatic heterocycles. The number of hydrogen-bond donors (Lipinski definition) is 1. The Morgan fingerprint density at radius 3 is 2.76 bits per heavy atom. The Bertz CT molecular complexity index is 684. The standard InChI is InChI=1S/C19H22O6/c1-10(2)18(22)25-17-15-12(4)19(23)24-14(15)8-11(3)6-5-7-13(9-20)16(17)21/h7-9,14-17,21H,1,4-6H2,2-3H3/b11-8-,13-7-/t14-,15+,16+,17+/m1/s1. The van der Waals surface area contributed by atoms with Gasteiger partial charge in [-0.3, -0.25) is 4.79 Å². The number of carbonyl (C=O) groups is 3. The number of rotatable bonds is 3. The van der Waals surface area contributed by atoms with Gasteiger partial charge in [-0.2, -0.15) is 0 Å². The van der Waals surface area contributed by atoms with Crippen LogP contribution in [-0.2, 0) is 23.9 Å². The van der Waals surface area contributed by atoms with Gasteiger partial charge >= 0.3 is 11.9 Å². The number of allylic oxidation sites excluding steroid dienone is 2. The second-order valence-corrected chi connectivity index (χ2v) is 6.39. The fourth-order valence-corrected chi connectivity index (χ4v) is 2.95. The van der Waals surface area contributed by atoms with E-state index >= 15 is 0 Å². The second kappa shape index (κ2) is 7.61. The van der Waals surface area contributed by atoms with Crippen molar-refractivity contribution < 1.29 is 29.0 Å². The normalized spacial score (nSPS) is 33.9. The molecule has 0 aromatic carbocycles. The third-order valence-electron chi connectivity index (χ3n) is 4.36. The first kappa shape index (κ1) is 18.9.